The van der Waals surface area contributed by atoms with Crippen molar-refractivity contribution in [2.45, 2.75) is 69.4 Å². The molecule has 0 saturated carbocycles. The Labute approximate surface area is 156 Å². The maximum Gasteiger partial charge on any atom is 0.243 e. The molecule has 1 heterocycles. The van der Waals surface area contributed by atoms with Crippen LogP contribution in [0.25, 0.3) is 0 Å². The van der Waals surface area contributed by atoms with Crippen LogP contribution in [0.3, 0.4) is 0 Å². The number of nitrogens with one attached hydrogen (secondary N) is 1. The topological polar surface area (TPSA) is 66.5 Å². The Bertz CT molecular complexity index is 761. The molecule has 1 aromatic rings. The summed E-state index contributed by atoms with van der Waals surface area (Å²) >= 11 is 0. The minimum Gasteiger partial charge on any atom is -0.326 e. The van der Waals surface area contributed by atoms with Gasteiger partial charge in [0, 0.05) is 24.2 Å². The molecule has 6 heteroatoms. The summed E-state index contributed by atoms with van der Waals surface area (Å²) in [6, 6.07) is 6.57. The second kappa shape index (κ2) is 7.92. The number of rotatable bonds is 5. The molecule has 0 radical (unpaired) electrons. The molecule has 1 aliphatic carbocycles. The minimum absolute atomic E-state index is 0.0163. The summed E-state index contributed by atoms with van der Waals surface area (Å²) in [5.41, 5.74) is 0.635. The number of allylic oxidation sites excluding steroid dienone is 2. The highest BCUT2D eigenvalue weighted by atomic mass is 32.2. The van der Waals surface area contributed by atoms with E-state index < -0.39 is 10.0 Å². The minimum atomic E-state index is -3.51. The number of anilines is 1. The first-order valence-electron chi connectivity index (χ1n) is 9.48. The van der Waals surface area contributed by atoms with Gasteiger partial charge in [-0.15, -0.1) is 0 Å². The molecule has 1 aromatic carbocycles. The van der Waals surface area contributed by atoms with Gasteiger partial charge in [0.15, 0.2) is 0 Å². The largest absolute Gasteiger partial charge is 0.326 e. The van der Waals surface area contributed by atoms with Crippen LogP contribution in [0.15, 0.2) is 41.3 Å². The number of hydrogen-bond donors (Lipinski definition) is 1. The van der Waals surface area contributed by atoms with E-state index in [2.05, 4.69) is 17.5 Å². The van der Waals surface area contributed by atoms with E-state index in [1.54, 1.807) is 28.6 Å². The van der Waals surface area contributed by atoms with Gasteiger partial charge in [-0.25, -0.2) is 8.42 Å². The van der Waals surface area contributed by atoms with Crippen LogP contribution in [0.2, 0.25) is 0 Å². The first-order chi connectivity index (χ1) is 12.4. The van der Waals surface area contributed by atoms with Crippen molar-refractivity contribution < 1.29 is 13.2 Å². The van der Waals surface area contributed by atoms with Crippen molar-refractivity contribution in [1.82, 2.24) is 4.31 Å². The average molecular weight is 377 g/mol. The maximum absolute atomic E-state index is 13.0. The highest BCUT2D eigenvalue weighted by Crippen LogP contribution is 2.30. The van der Waals surface area contributed by atoms with Gasteiger partial charge in [-0.05, 0) is 69.7 Å². The summed E-state index contributed by atoms with van der Waals surface area (Å²) in [4.78, 5) is 12.4. The van der Waals surface area contributed by atoms with E-state index in [1.165, 1.54) is 0 Å². The number of hydrogen-bond acceptors (Lipinski definition) is 3. The van der Waals surface area contributed by atoms with E-state index in [4.69, 9.17) is 0 Å². The Morgan fingerprint density at radius 2 is 1.77 bits per heavy atom. The summed E-state index contributed by atoms with van der Waals surface area (Å²) < 4.78 is 27.6. The van der Waals surface area contributed by atoms with Crippen molar-refractivity contribution in [3.63, 3.8) is 0 Å². The fraction of sp³-hybridized carbons (Fsp3) is 0.550. The van der Waals surface area contributed by atoms with Crippen LogP contribution in [0.5, 0.6) is 0 Å². The van der Waals surface area contributed by atoms with E-state index >= 15 is 0 Å². The van der Waals surface area contributed by atoms with Gasteiger partial charge in [-0.1, -0.05) is 18.6 Å². The first kappa shape index (κ1) is 19.1. The van der Waals surface area contributed by atoms with Crippen molar-refractivity contribution in [2.24, 2.45) is 5.92 Å². The fourth-order valence-corrected chi connectivity index (χ4v) is 5.90. The molecule has 3 rings (SSSR count). The van der Waals surface area contributed by atoms with Crippen molar-refractivity contribution in [1.29, 1.82) is 0 Å². The van der Waals surface area contributed by atoms with E-state index in [-0.39, 0.29) is 22.9 Å². The van der Waals surface area contributed by atoms with Gasteiger partial charge in [-0.2, -0.15) is 4.31 Å². The Hall–Kier alpha value is -1.66. The van der Waals surface area contributed by atoms with Gasteiger partial charge >= 0.3 is 0 Å². The molecule has 5 nitrogen and oxygen atoms in total. The summed E-state index contributed by atoms with van der Waals surface area (Å²) in [6.07, 6.45) is 9.60. The Morgan fingerprint density at radius 3 is 2.35 bits per heavy atom. The van der Waals surface area contributed by atoms with Crippen molar-refractivity contribution in [3.8, 4) is 0 Å². The van der Waals surface area contributed by atoms with Gasteiger partial charge in [0.2, 0.25) is 15.9 Å². The van der Waals surface area contributed by atoms with E-state index in [0.717, 1.165) is 32.1 Å². The highest BCUT2D eigenvalue weighted by Gasteiger charge is 2.35. The SMILES string of the molecule is C[C@@H]1CCC[C@@H](C)N1S(=O)(=O)c1ccc(NC(=O)C[C@@H]2C=CCC2)cc1. The Kier molecular flexibility index (Phi) is 5.82. The molecule has 1 fully saturated rings. The molecule has 26 heavy (non-hydrogen) atoms. The van der Waals surface area contributed by atoms with Crippen LogP contribution in [0.1, 0.15) is 52.4 Å². The molecule has 1 N–H and O–H groups in total. The zero-order valence-corrected chi connectivity index (χ0v) is 16.3. The smallest absolute Gasteiger partial charge is 0.243 e. The molecule has 1 aliphatic heterocycles. The van der Waals surface area contributed by atoms with Crippen LogP contribution in [-0.4, -0.2) is 30.7 Å². The summed E-state index contributed by atoms with van der Waals surface area (Å²) in [5.74, 6) is 0.284. The zero-order chi connectivity index (χ0) is 18.7. The predicted molar refractivity (Wildman–Crippen MR) is 103 cm³/mol. The third kappa shape index (κ3) is 4.18. The number of amides is 1. The molecule has 0 bridgehead atoms. The summed E-state index contributed by atoms with van der Waals surface area (Å²) in [7, 11) is -3.51. The molecule has 1 saturated heterocycles. The second-order valence-corrected chi connectivity index (χ2v) is 9.35. The number of piperidine rings is 1. The molecule has 1 amide bonds. The zero-order valence-electron chi connectivity index (χ0n) is 15.5. The number of sulfonamides is 1. The number of carbonyl (C=O) groups excluding carboxylic acids is 1. The van der Waals surface area contributed by atoms with Crippen molar-refractivity contribution in [2.75, 3.05) is 5.32 Å². The lowest BCUT2D eigenvalue weighted by atomic mass is 10.0. The van der Waals surface area contributed by atoms with Crippen LogP contribution < -0.4 is 5.32 Å². The number of nitrogens with zero attached hydrogens (tertiary/aromatic N) is 1. The molecule has 2 aliphatic rings. The van der Waals surface area contributed by atoms with Gasteiger partial charge in [0.25, 0.3) is 0 Å². The number of benzene rings is 1. The average Bonchev–Trinajstić information content (AvgIpc) is 3.07. The van der Waals surface area contributed by atoms with Gasteiger partial charge in [0.05, 0.1) is 4.90 Å². The molecule has 3 atom stereocenters. The molecular weight excluding hydrogens is 348 g/mol. The standard InChI is InChI=1S/C20H28N2O3S/c1-15-6-5-7-16(2)22(15)26(24,25)19-12-10-18(11-13-19)21-20(23)14-17-8-3-4-9-17/h3,8,10-13,15-17H,4-7,9,14H2,1-2H3,(H,21,23)/t15-,16-,17-/m1/s1. The fourth-order valence-electron chi connectivity index (χ4n) is 4.02. The number of carbonyl (C=O) groups is 1. The molecule has 0 aromatic heterocycles. The van der Waals surface area contributed by atoms with Crippen LogP contribution >= 0.6 is 0 Å². The molecule has 0 spiro atoms. The van der Waals surface area contributed by atoms with Crippen LogP contribution in [0.4, 0.5) is 5.69 Å². The third-order valence-electron chi connectivity index (χ3n) is 5.39. The molecular formula is C20H28N2O3S. The summed E-state index contributed by atoms with van der Waals surface area (Å²) in [5, 5.41) is 2.86. The first-order valence-corrected chi connectivity index (χ1v) is 10.9. The third-order valence-corrected chi connectivity index (χ3v) is 7.53. The van der Waals surface area contributed by atoms with Gasteiger partial charge in [-0.3, -0.25) is 4.79 Å². The predicted octanol–water partition coefficient (Wildman–Crippen LogP) is 3.93. The highest BCUT2D eigenvalue weighted by molar-refractivity contribution is 7.89. The van der Waals surface area contributed by atoms with Crippen molar-refractivity contribution in [3.05, 3.63) is 36.4 Å². The lowest BCUT2D eigenvalue weighted by Crippen LogP contribution is -2.47. The van der Waals surface area contributed by atoms with Gasteiger partial charge in [0.1, 0.15) is 0 Å². The normalized spacial score (nSPS) is 26.8. The van der Waals surface area contributed by atoms with Crippen LogP contribution in [-0.2, 0) is 14.8 Å². The Morgan fingerprint density at radius 1 is 1.12 bits per heavy atom. The molecule has 142 valence electrons. The Balaban J connectivity index is 1.68. The van der Waals surface area contributed by atoms with E-state index in [1.807, 2.05) is 13.8 Å². The monoisotopic (exact) mass is 376 g/mol. The van der Waals surface area contributed by atoms with E-state index in [9.17, 15) is 13.2 Å². The quantitative estimate of drug-likeness (QED) is 0.792. The lowest BCUT2D eigenvalue weighted by molar-refractivity contribution is -0.116. The van der Waals surface area contributed by atoms with Crippen LogP contribution in [0, 0.1) is 5.92 Å². The van der Waals surface area contributed by atoms with Gasteiger partial charge < -0.3 is 5.32 Å². The lowest BCUT2D eigenvalue weighted by Gasteiger charge is -2.37. The van der Waals surface area contributed by atoms with Crippen molar-refractivity contribution >= 4 is 21.6 Å². The molecule has 0 unspecified atom stereocenters. The summed E-state index contributed by atoms with van der Waals surface area (Å²) in [6.45, 7) is 3.94. The second-order valence-electron chi connectivity index (χ2n) is 7.51. The maximum atomic E-state index is 13.0. The van der Waals surface area contributed by atoms with E-state index in [0.29, 0.717) is 18.0 Å².